The van der Waals surface area contributed by atoms with Gasteiger partial charge < -0.3 is 74.0 Å². The first-order valence-corrected chi connectivity index (χ1v) is 13.7. The molecule has 0 bridgehead atoms. The maximum atomic E-state index is 10.5. The van der Waals surface area contributed by atoms with E-state index in [0.717, 1.165) is 5.56 Å². The molecule has 0 spiro atoms. The van der Waals surface area contributed by atoms with Crippen LogP contribution in [0.15, 0.2) is 30.3 Å². The summed E-state index contributed by atoms with van der Waals surface area (Å²) in [5.41, 5.74) is 1.50. The first kappa shape index (κ1) is 31.5. The largest absolute Gasteiger partial charge is 0.493 e. The van der Waals surface area contributed by atoms with Gasteiger partial charge in [0.05, 0.1) is 20.3 Å². The van der Waals surface area contributed by atoms with Gasteiger partial charge in [-0.15, -0.1) is 0 Å². The van der Waals surface area contributed by atoms with Crippen LogP contribution in [0.2, 0.25) is 0 Å². The highest BCUT2D eigenvalue weighted by Gasteiger charge is 2.46. The molecule has 0 amide bonds. The zero-order valence-electron chi connectivity index (χ0n) is 23.1. The van der Waals surface area contributed by atoms with Gasteiger partial charge in [0, 0.05) is 6.07 Å². The molecule has 3 heterocycles. The van der Waals surface area contributed by atoms with Gasteiger partial charge in [-0.25, -0.2) is 0 Å². The average Bonchev–Trinajstić information content (AvgIpc) is 3.49. The fraction of sp³-hybridized carbons (Fsp3) is 0.571. The average molecular weight is 613 g/mol. The summed E-state index contributed by atoms with van der Waals surface area (Å²) in [6.07, 6.45) is -14.3. The molecule has 43 heavy (non-hydrogen) atoms. The molecule has 15 nitrogen and oxygen atoms in total. The molecule has 2 fully saturated rings. The molecule has 8 N–H and O–H groups in total. The van der Waals surface area contributed by atoms with Crippen molar-refractivity contribution in [3.63, 3.8) is 0 Å². The Bertz CT molecular complexity index is 1180. The monoisotopic (exact) mass is 612 g/mol. The summed E-state index contributed by atoms with van der Waals surface area (Å²) in [5, 5.41) is 80.6. The Morgan fingerprint density at radius 3 is 1.65 bits per heavy atom. The lowest BCUT2D eigenvalue weighted by Gasteiger charge is -2.40. The fourth-order valence-corrected chi connectivity index (χ4v) is 5.13. The highest BCUT2D eigenvalue weighted by Crippen LogP contribution is 2.42. The zero-order valence-corrected chi connectivity index (χ0v) is 23.1. The van der Waals surface area contributed by atoms with Crippen LogP contribution in [0, 0.1) is 0 Å². The molecule has 2 saturated heterocycles. The number of aryl methyl sites for hydroxylation is 2. The van der Waals surface area contributed by atoms with E-state index in [1.54, 1.807) is 12.1 Å². The molecule has 0 saturated carbocycles. The van der Waals surface area contributed by atoms with Crippen molar-refractivity contribution in [3.05, 3.63) is 41.5 Å². The summed E-state index contributed by atoms with van der Waals surface area (Å²) in [7, 11) is 1.52. The SMILES string of the molecule is COc1cc(CCc2cc(O[C@@H]3O[C@H](CO)[C@@H](O)[C@H](O)[C@H]3O)cc(O[C@@H]3O[C@H](CO)[C@@H](O)[C@H](O)[C@H]3O)c2)cc2c1OCO2. The van der Waals surface area contributed by atoms with Crippen molar-refractivity contribution in [2.24, 2.45) is 0 Å². The first-order chi connectivity index (χ1) is 20.6. The number of rotatable bonds is 10. The maximum Gasteiger partial charge on any atom is 0.231 e. The predicted molar refractivity (Wildman–Crippen MR) is 142 cm³/mol. The summed E-state index contributed by atoms with van der Waals surface area (Å²) in [6.45, 7) is -1.21. The van der Waals surface area contributed by atoms with E-state index in [1.165, 1.54) is 13.2 Å². The van der Waals surface area contributed by atoms with Crippen molar-refractivity contribution in [3.8, 4) is 28.7 Å². The summed E-state index contributed by atoms with van der Waals surface area (Å²) in [4.78, 5) is 0. The predicted octanol–water partition coefficient (Wildman–Crippen LogP) is -2.43. The molecule has 0 unspecified atom stereocenters. The molecular weight excluding hydrogens is 576 g/mol. The van der Waals surface area contributed by atoms with Gasteiger partial charge in [-0.05, 0) is 48.2 Å². The molecule has 0 aromatic heterocycles. The van der Waals surface area contributed by atoms with E-state index in [-0.39, 0.29) is 18.3 Å². The summed E-state index contributed by atoms with van der Waals surface area (Å²) >= 11 is 0. The minimum atomic E-state index is -1.67. The summed E-state index contributed by atoms with van der Waals surface area (Å²) in [5.74, 6) is 1.74. The van der Waals surface area contributed by atoms with Crippen LogP contribution < -0.4 is 23.7 Å². The molecule has 15 heteroatoms. The molecule has 3 aliphatic rings. The molecule has 5 rings (SSSR count). The van der Waals surface area contributed by atoms with Crippen LogP contribution in [-0.2, 0) is 22.3 Å². The number of aliphatic hydroxyl groups is 8. The van der Waals surface area contributed by atoms with Gasteiger partial charge in [0.1, 0.15) is 60.3 Å². The molecule has 3 aliphatic heterocycles. The second-order valence-corrected chi connectivity index (χ2v) is 10.5. The molecule has 0 aliphatic carbocycles. The zero-order chi connectivity index (χ0) is 30.8. The van der Waals surface area contributed by atoms with Crippen LogP contribution in [0.1, 0.15) is 11.1 Å². The number of benzene rings is 2. The van der Waals surface area contributed by atoms with Crippen molar-refractivity contribution in [1.82, 2.24) is 0 Å². The third-order valence-electron chi connectivity index (χ3n) is 7.56. The van der Waals surface area contributed by atoms with Crippen molar-refractivity contribution < 1.29 is 74.0 Å². The van der Waals surface area contributed by atoms with Crippen LogP contribution in [0.4, 0.5) is 0 Å². The Hall–Kier alpha value is -2.96. The van der Waals surface area contributed by atoms with Gasteiger partial charge in [-0.2, -0.15) is 0 Å². The van der Waals surface area contributed by atoms with Crippen LogP contribution in [-0.4, -0.2) is 129 Å². The van der Waals surface area contributed by atoms with Crippen molar-refractivity contribution in [2.45, 2.75) is 74.3 Å². The number of hydrogen-bond acceptors (Lipinski definition) is 15. The van der Waals surface area contributed by atoms with Gasteiger partial charge in [0.2, 0.25) is 25.1 Å². The highest BCUT2D eigenvalue weighted by atomic mass is 16.7. The molecule has 0 radical (unpaired) electrons. The van der Waals surface area contributed by atoms with Crippen LogP contribution >= 0.6 is 0 Å². The van der Waals surface area contributed by atoms with E-state index >= 15 is 0 Å². The quantitative estimate of drug-likeness (QED) is 0.140. The lowest BCUT2D eigenvalue weighted by atomic mass is 9.99. The van der Waals surface area contributed by atoms with E-state index in [9.17, 15) is 40.9 Å². The van der Waals surface area contributed by atoms with Crippen molar-refractivity contribution in [1.29, 1.82) is 0 Å². The van der Waals surface area contributed by atoms with E-state index in [4.69, 9.17) is 33.2 Å². The normalized spacial score (nSPS) is 33.7. The Morgan fingerprint density at radius 2 is 1.16 bits per heavy atom. The van der Waals surface area contributed by atoms with E-state index in [0.29, 0.717) is 35.7 Å². The molecule has 10 atom stereocenters. The molecular formula is C28H36O15. The number of ether oxygens (including phenoxy) is 7. The van der Waals surface area contributed by atoms with Crippen LogP contribution in [0.25, 0.3) is 0 Å². The Balaban J connectivity index is 1.40. The standard InChI is InChI=1S/C28H36O15/c1-37-16-6-13(7-17-26(16)39-11-38-17)3-2-12-4-14(40-27-24(35)22(33)20(31)18(9-29)42-27)8-15(5-12)41-28-25(36)23(34)21(32)19(10-30)43-28/h4-8,18-25,27-36H,2-3,9-11H2,1H3/t18-,19-,20-,21-,22+,23+,24-,25-,27-,28-/m1/s1. The Morgan fingerprint density at radius 1 is 0.651 bits per heavy atom. The van der Waals surface area contributed by atoms with Gasteiger partial charge in [0.15, 0.2) is 11.5 Å². The summed E-state index contributed by atoms with van der Waals surface area (Å²) < 4.78 is 38.9. The minimum Gasteiger partial charge on any atom is -0.493 e. The Kier molecular flexibility index (Phi) is 9.77. The molecule has 2 aromatic rings. The van der Waals surface area contributed by atoms with Crippen molar-refractivity contribution >= 4 is 0 Å². The van der Waals surface area contributed by atoms with Gasteiger partial charge >= 0.3 is 0 Å². The number of aliphatic hydroxyl groups excluding tert-OH is 8. The fourth-order valence-electron chi connectivity index (χ4n) is 5.13. The number of hydrogen-bond donors (Lipinski definition) is 8. The molecule has 238 valence electrons. The third kappa shape index (κ3) is 6.61. The second kappa shape index (κ2) is 13.4. The molecule has 2 aromatic carbocycles. The van der Waals surface area contributed by atoms with Gasteiger partial charge in [-0.3, -0.25) is 0 Å². The number of methoxy groups -OCH3 is 1. The summed E-state index contributed by atoms with van der Waals surface area (Å²) in [6, 6.07) is 8.24. The Labute approximate surface area is 245 Å². The van der Waals surface area contributed by atoms with E-state index < -0.39 is 74.6 Å². The van der Waals surface area contributed by atoms with E-state index in [1.807, 2.05) is 12.1 Å². The first-order valence-electron chi connectivity index (χ1n) is 13.7. The highest BCUT2D eigenvalue weighted by molar-refractivity contribution is 5.55. The second-order valence-electron chi connectivity index (χ2n) is 10.5. The smallest absolute Gasteiger partial charge is 0.231 e. The van der Waals surface area contributed by atoms with Crippen LogP contribution in [0.3, 0.4) is 0 Å². The lowest BCUT2D eigenvalue weighted by molar-refractivity contribution is -0.278. The third-order valence-corrected chi connectivity index (χ3v) is 7.56. The van der Waals surface area contributed by atoms with Crippen molar-refractivity contribution in [2.75, 3.05) is 27.1 Å². The van der Waals surface area contributed by atoms with Gasteiger partial charge in [0.25, 0.3) is 0 Å². The van der Waals surface area contributed by atoms with E-state index in [2.05, 4.69) is 0 Å². The van der Waals surface area contributed by atoms with Crippen LogP contribution in [0.5, 0.6) is 28.7 Å². The maximum absolute atomic E-state index is 10.5. The lowest BCUT2D eigenvalue weighted by Crippen LogP contribution is -2.60. The minimum absolute atomic E-state index is 0.0745. The number of fused-ring (bicyclic) bond motifs is 1. The van der Waals surface area contributed by atoms with Gasteiger partial charge in [-0.1, -0.05) is 0 Å². The topological polar surface area (TPSA) is 226 Å².